The number of imidazole rings is 1. The second-order valence-electron chi connectivity index (χ2n) is 32.5. The standard InChI is InChI=1S/C76H119N15O20S/c1-50-41-54(42-51(2)66(50)112(104,105)86-57(70(102)103)45-82-67(99)52-20-23-58-53(43-52)44-83-91(58)31-30-81-71-79-28-29-80-71)106-40-18-19-59(92)77-26-27-78-68(100)55(21-24-61(94)107-72(3,4)5)85-69(101)56(22-25-62(95)108-73(6,7)8)84-60(93)46-87-32-34-88(47-63(96)109-74(9,10)11)36-38-90(49-65(98)111-76(15,16)17)39-37-89(35-33-87)48-64(97)110-75(12,13)14/h20,23,28-29,41-44,55-57,86H,18-19,21-22,24-27,30-40,45-49H2,1-17H3,(H,77,92)(H,78,100)(H,82,99)(H,84,93)(H,85,101)(H,102,103)(H2,79,80,81)/t55?,56-,57-/m0/s1. The maximum absolute atomic E-state index is 14.6. The highest BCUT2D eigenvalue weighted by molar-refractivity contribution is 7.89. The van der Waals surface area contributed by atoms with Crippen molar-refractivity contribution in [3.8, 4) is 5.75 Å². The lowest BCUT2D eigenvalue weighted by molar-refractivity contribution is -0.158. The molecule has 0 bridgehead atoms. The topological polar surface area (TPSA) is 441 Å². The van der Waals surface area contributed by atoms with Crippen molar-refractivity contribution in [2.45, 2.75) is 214 Å². The van der Waals surface area contributed by atoms with Crippen molar-refractivity contribution in [3.63, 3.8) is 0 Å². The van der Waals surface area contributed by atoms with Gasteiger partial charge < -0.3 is 70.4 Å². The van der Waals surface area contributed by atoms with E-state index in [1.54, 1.807) is 150 Å². The minimum absolute atomic E-state index is 0.0101. The number of carboxylic acid groups (broad SMARTS) is 1. The number of carboxylic acids is 1. The molecule has 1 fully saturated rings. The zero-order valence-electron chi connectivity index (χ0n) is 68.1. The molecular weight excluding hydrogens is 1470 g/mol. The number of rotatable bonds is 37. The number of nitrogens with zero attached hydrogens (tertiary/aromatic N) is 7. The Bertz CT molecular complexity index is 3900. The van der Waals surface area contributed by atoms with Gasteiger partial charge in [-0.05, 0) is 178 Å². The molecule has 0 radical (unpaired) electrons. The summed E-state index contributed by atoms with van der Waals surface area (Å²) in [5.74, 6) is -6.86. The minimum atomic E-state index is -4.50. The molecule has 0 aliphatic carbocycles. The predicted octanol–water partition coefficient (Wildman–Crippen LogP) is 3.50. The first-order valence-electron chi connectivity index (χ1n) is 37.7. The lowest BCUT2D eigenvalue weighted by Gasteiger charge is -2.34. The van der Waals surface area contributed by atoms with Gasteiger partial charge in [0.2, 0.25) is 33.7 Å². The highest BCUT2D eigenvalue weighted by Gasteiger charge is 2.34. The van der Waals surface area contributed by atoms with E-state index in [0.29, 0.717) is 37.5 Å². The van der Waals surface area contributed by atoms with Crippen LogP contribution in [0.25, 0.3) is 10.9 Å². The van der Waals surface area contributed by atoms with Crippen molar-refractivity contribution >= 4 is 92.2 Å². The number of aromatic amines is 1. The van der Waals surface area contributed by atoms with Crippen molar-refractivity contribution in [3.05, 3.63) is 65.6 Å². The number of ether oxygens (including phenoxy) is 6. The molecule has 0 spiro atoms. The average Bonchev–Trinajstić information content (AvgIpc) is 1.45. The van der Waals surface area contributed by atoms with E-state index in [9.17, 15) is 66.3 Å². The summed E-state index contributed by atoms with van der Waals surface area (Å²) in [7, 11) is -4.50. The highest BCUT2D eigenvalue weighted by Crippen LogP contribution is 2.27. The van der Waals surface area contributed by atoms with Crippen LogP contribution in [0.2, 0.25) is 0 Å². The summed E-state index contributed by atoms with van der Waals surface area (Å²) < 4.78 is 65.6. The number of carbonyl (C=O) groups is 11. The molecule has 112 heavy (non-hydrogen) atoms. The number of nitrogens with one attached hydrogen (secondary N) is 8. The first kappa shape index (κ1) is 93.2. The third kappa shape index (κ3) is 36.0. The van der Waals surface area contributed by atoms with Gasteiger partial charge in [-0.3, -0.25) is 77.0 Å². The summed E-state index contributed by atoms with van der Waals surface area (Å²) >= 11 is 0. The first-order chi connectivity index (χ1) is 52.1. The number of esters is 5. The van der Waals surface area contributed by atoms with Gasteiger partial charge >= 0.3 is 35.8 Å². The van der Waals surface area contributed by atoms with E-state index in [1.807, 2.05) is 14.7 Å². The van der Waals surface area contributed by atoms with Gasteiger partial charge in [-0.15, -0.1) is 0 Å². The number of amides is 5. The maximum Gasteiger partial charge on any atom is 0.323 e. The van der Waals surface area contributed by atoms with Gasteiger partial charge in [0, 0.05) is 121 Å². The largest absolute Gasteiger partial charge is 0.494 e. The Kier molecular flexibility index (Phi) is 35.4. The van der Waals surface area contributed by atoms with E-state index in [1.165, 1.54) is 26.0 Å². The molecule has 2 aromatic heterocycles. The average molecular weight is 1590 g/mol. The van der Waals surface area contributed by atoms with Crippen LogP contribution in [0.15, 0.2) is 53.8 Å². The third-order valence-electron chi connectivity index (χ3n) is 16.4. The van der Waals surface area contributed by atoms with Crippen LogP contribution in [0.5, 0.6) is 5.75 Å². The van der Waals surface area contributed by atoms with E-state index >= 15 is 0 Å². The van der Waals surface area contributed by atoms with Crippen LogP contribution in [0.3, 0.4) is 0 Å². The van der Waals surface area contributed by atoms with Crippen LogP contribution >= 0.6 is 0 Å². The molecule has 1 aliphatic heterocycles. The number of benzene rings is 2. The second-order valence-corrected chi connectivity index (χ2v) is 34.2. The zero-order valence-corrected chi connectivity index (χ0v) is 68.9. The number of carbonyl (C=O) groups excluding carboxylic acids is 10. The van der Waals surface area contributed by atoms with Gasteiger partial charge in [0.25, 0.3) is 5.91 Å². The Morgan fingerprint density at radius 2 is 1.01 bits per heavy atom. The monoisotopic (exact) mass is 1590 g/mol. The fourth-order valence-corrected chi connectivity index (χ4v) is 13.3. The number of hydrogen-bond acceptors (Lipinski definition) is 26. The number of aryl methyl sites for hydroxylation is 2. The zero-order chi connectivity index (χ0) is 83.5. The van der Waals surface area contributed by atoms with Crippen molar-refractivity contribution in [1.29, 1.82) is 0 Å². The van der Waals surface area contributed by atoms with E-state index < -0.39 is 128 Å². The Hall–Kier alpha value is -9.36. The molecule has 2 aromatic carbocycles. The number of sulfonamides is 1. The molecule has 1 saturated heterocycles. The lowest BCUT2D eigenvalue weighted by atomic mass is 10.1. The molecule has 36 heteroatoms. The fourth-order valence-electron chi connectivity index (χ4n) is 11.7. The molecular formula is C76H119N15O20S. The van der Waals surface area contributed by atoms with Crippen LogP contribution < -0.4 is 41.4 Å². The number of fused-ring (bicyclic) bond motifs is 1. The summed E-state index contributed by atoms with van der Waals surface area (Å²) in [4.78, 5) is 163. The van der Waals surface area contributed by atoms with Gasteiger partial charge in [0.1, 0.15) is 51.9 Å². The summed E-state index contributed by atoms with van der Waals surface area (Å²) in [6, 6.07) is 3.11. The molecule has 35 nitrogen and oxygen atoms in total. The normalized spacial score (nSPS) is 15.0. The molecule has 9 N–H and O–H groups in total. The summed E-state index contributed by atoms with van der Waals surface area (Å²) in [6.07, 6.45) is 3.79. The molecule has 4 aromatic rings. The van der Waals surface area contributed by atoms with Gasteiger partial charge in [-0.1, -0.05) is 0 Å². The molecule has 624 valence electrons. The number of H-pyrrole nitrogens is 1. The number of aromatic nitrogens is 4. The summed E-state index contributed by atoms with van der Waals surface area (Å²) in [5.41, 5.74) is -2.78. The van der Waals surface area contributed by atoms with Crippen molar-refractivity contribution in [2.24, 2.45) is 0 Å². The van der Waals surface area contributed by atoms with E-state index in [4.69, 9.17) is 28.4 Å². The smallest absolute Gasteiger partial charge is 0.323 e. The molecule has 5 rings (SSSR count). The van der Waals surface area contributed by atoms with Crippen LogP contribution in [0.4, 0.5) is 5.95 Å². The molecule has 0 saturated carbocycles. The van der Waals surface area contributed by atoms with Crippen LogP contribution in [0.1, 0.15) is 164 Å². The number of hydrogen-bond donors (Lipinski definition) is 9. The van der Waals surface area contributed by atoms with Crippen LogP contribution in [-0.2, 0) is 88.2 Å². The lowest BCUT2D eigenvalue weighted by Crippen LogP contribution is -2.56. The Morgan fingerprint density at radius 1 is 0.545 bits per heavy atom. The molecule has 3 atom stereocenters. The number of anilines is 1. The fraction of sp³-hybridized carbons (Fsp3) is 0.645. The molecule has 3 heterocycles. The Labute approximate surface area is 656 Å². The first-order valence-corrected chi connectivity index (χ1v) is 39.2. The molecule has 5 amide bonds. The summed E-state index contributed by atoms with van der Waals surface area (Å²) in [6.45, 7) is 30.2. The van der Waals surface area contributed by atoms with Gasteiger partial charge in [-0.2, -0.15) is 9.82 Å². The Balaban J connectivity index is 1.22. The van der Waals surface area contributed by atoms with Gasteiger partial charge in [-0.25, -0.2) is 13.4 Å². The van der Waals surface area contributed by atoms with Crippen molar-refractivity contribution in [1.82, 2.24) is 70.7 Å². The quantitative estimate of drug-likeness (QED) is 0.0177. The molecule has 1 aliphatic rings. The Morgan fingerprint density at radius 3 is 1.47 bits per heavy atom. The summed E-state index contributed by atoms with van der Waals surface area (Å²) in [5, 5.41) is 31.6. The van der Waals surface area contributed by atoms with Crippen LogP contribution in [-0.4, -0.2) is 276 Å². The number of aliphatic carboxylic acids is 1. The maximum atomic E-state index is 14.6. The van der Waals surface area contributed by atoms with Gasteiger partial charge in [0.15, 0.2) is 5.95 Å². The second kappa shape index (κ2) is 42.5. The SMILES string of the molecule is Cc1cc(OCCCC(=O)NCCNC(=O)C(CCC(=O)OC(C)(C)C)NC(=O)[C@H](CCC(=O)OC(C)(C)C)NC(=O)CN2CCN(CC(=O)OC(C)(C)C)CCN(CC(=O)OC(C)(C)C)CCN(CC(=O)OC(C)(C)C)CC2)cc(C)c1S(=O)(=O)N[C@@H](CNC(=O)c1ccc2c(cnn2CCNc2ncc[nH]2)c1)C(=O)O. The van der Waals surface area contributed by atoms with Crippen LogP contribution in [0, 0.1) is 13.8 Å². The third-order valence-corrected chi connectivity index (χ3v) is 18.1. The van der Waals surface area contributed by atoms with Crippen molar-refractivity contribution in [2.75, 3.05) is 117 Å². The van der Waals surface area contributed by atoms with E-state index in [-0.39, 0.29) is 151 Å². The van der Waals surface area contributed by atoms with Crippen molar-refractivity contribution < 1.29 is 94.7 Å². The van der Waals surface area contributed by atoms with Gasteiger partial charge in [0.05, 0.1) is 55.9 Å². The molecule has 1 unspecified atom stereocenters. The minimum Gasteiger partial charge on any atom is -0.494 e. The van der Waals surface area contributed by atoms with E-state index in [2.05, 4.69) is 51.7 Å². The van der Waals surface area contributed by atoms with E-state index in [0.717, 1.165) is 5.52 Å². The predicted molar refractivity (Wildman–Crippen MR) is 415 cm³/mol. The highest BCUT2D eigenvalue weighted by atomic mass is 32.2.